The molecule has 2 aromatic rings. The number of aliphatic hydroxyl groups is 1. The lowest BCUT2D eigenvalue weighted by Gasteiger charge is -2.10. The second-order valence-corrected chi connectivity index (χ2v) is 4.96. The fourth-order valence-electron chi connectivity index (χ4n) is 2.04. The Morgan fingerprint density at radius 3 is 2.39 bits per heavy atom. The molecule has 1 fully saturated rings. The highest BCUT2D eigenvalue weighted by molar-refractivity contribution is 5.34. The van der Waals surface area contributed by atoms with Gasteiger partial charge in [-0.3, -0.25) is 0 Å². The van der Waals surface area contributed by atoms with Crippen LogP contribution in [0.5, 0.6) is 11.5 Å². The van der Waals surface area contributed by atoms with Gasteiger partial charge in [0, 0.05) is 6.42 Å². The highest BCUT2D eigenvalue weighted by atomic mass is 16.5. The lowest BCUT2D eigenvalue weighted by atomic mass is 10.1. The minimum atomic E-state index is -0.453. The maximum atomic E-state index is 9.92. The zero-order chi connectivity index (χ0) is 12.4. The first-order valence-corrected chi connectivity index (χ1v) is 6.28. The van der Waals surface area contributed by atoms with Gasteiger partial charge in [0.15, 0.2) is 0 Å². The van der Waals surface area contributed by atoms with Gasteiger partial charge in [-0.15, -0.1) is 0 Å². The molecule has 1 aliphatic rings. The van der Waals surface area contributed by atoms with Crippen molar-refractivity contribution in [1.82, 2.24) is 0 Å². The van der Waals surface area contributed by atoms with Crippen LogP contribution in [-0.2, 0) is 6.42 Å². The first kappa shape index (κ1) is 11.3. The van der Waals surface area contributed by atoms with E-state index in [1.165, 1.54) is 0 Å². The Labute approximate surface area is 107 Å². The highest BCUT2D eigenvalue weighted by Crippen LogP contribution is 2.38. The topological polar surface area (TPSA) is 29.5 Å². The summed E-state index contributed by atoms with van der Waals surface area (Å²) < 4.78 is 5.77. The van der Waals surface area contributed by atoms with Crippen LogP contribution in [0.25, 0.3) is 0 Å². The van der Waals surface area contributed by atoms with Crippen molar-refractivity contribution >= 4 is 0 Å². The van der Waals surface area contributed by atoms with Crippen LogP contribution < -0.4 is 4.74 Å². The van der Waals surface area contributed by atoms with Gasteiger partial charge in [0.1, 0.15) is 11.5 Å². The van der Waals surface area contributed by atoms with Crippen molar-refractivity contribution < 1.29 is 9.84 Å². The minimum absolute atomic E-state index is 0.453. The Bertz CT molecular complexity index is 530. The number of benzene rings is 2. The molecule has 0 spiro atoms. The number of ether oxygens (including phenoxy) is 1. The van der Waals surface area contributed by atoms with Gasteiger partial charge in [0.25, 0.3) is 0 Å². The largest absolute Gasteiger partial charge is 0.457 e. The van der Waals surface area contributed by atoms with Gasteiger partial charge >= 0.3 is 0 Å². The number of hydrogen-bond acceptors (Lipinski definition) is 2. The van der Waals surface area contributed by atoms with Gasteiger partial charge in [0.05, 0.1) is 5.60 Å². The van der Waals surface area contributed by atoms with Crippen molar-refractivity contribution in [1.29, 1.82) is 0 Å². The lowest BCUT2D eigenvalue weighted by Crippen LogP contribution is -2.10. The van der Waals surface area contributed by atoms with Gasteiger partial charge in [-0.05, 0) is 42.7 Å². The van der Waals surface area contributed by atoms with Crippen LogP contribution in [0.2, 0.25) is 0 Å². The summed E-state index contributed by atoms with van der Waals surface area (Å²) in [5.74, 6) is 1.66. The van der Waals surface area contributed by atoms with Gasteiger partial charge < -0.3 is 9.84 Å². The molecular formula is C16H16O2. The zero-order valence-electron chi connectivity index (χ0n) is 10.2. The molecule has 0 heterocycles. The Kier molecular flexibility index (Phi) is 2.80. The van der Waals surface area contributed by atoms with E-state index in [1.807, 2.05) is 54.6 Å². The molecule has 0 saturated heterocycles. The monoisotopic (exact) mass is 240 g/mol. The quantitative estimate of drug-likeness (QED) is 0.885. The second kappa shape index (κ2) is 4.46. The average molecular weight is 240 g/mol. The van der Waals surface area contributed by atoms with Crippen LogP contribution in [0, 0.1) is 0 Å². The van der Waals surface area contributed by atoms with E-state index in [1.54, 1.807) is 0 Å². The molecule has 2 aromatic carbocycles. The van der Waals surface area contributed by atoms with Gasteiger partial charge in [-0.25, -0.2) is 0 Å². The molecule has 1 saturated carbocycles. The van der Waals surface area contributed by atoms with E-state index in [9.17, 15) is 5.11 Å². The Balaban J connectivity index is 1.74. The first-order chi connectivity index (χ1) is 8.73. The molecule has 0 radical (unpaired) electrons. The van der Waals surface area contributed by atoms with Crippen LogP contribution >= 0.6 is 0 Å². The highest BCUT2D eigenvalue weighted by Gasteiger charge is 2.40. The third kappa shape index (κ3) is 2.71. The van der Waals surface area contributed by atoms with Crippen molar-refractivity contribution in [2.24, 2.45) is 0 Å². The molecule has 0 unspecified atom stereocenters. The van der Waals surface area contributed by atoms with Crippen molar-refractivity contribution in [2.75, 3.05) is 0 Å². The van der Waals surface area contributed by atoms with Crippen LogP contribution in [0.3, 0.4) is 0 Å². The van der Waals surface area contributed by atoms with E-state index >= 15 is 0 Å². The SMILES string of the molecule is OC1(Cc2cccc(Oc3ccccc3)c2)CC1. The van der Waals surface area contributed by atoms with Crippen LogP contribution in [0.4, 0.5) is 0 Å². The molecule has 0 aromatic heterocycles. The summed E-state index contributed by atoms with van der Waals surface area (Å²) in [6.07, 6.45) is 2.55. The molecule has 0 bridgehead atoms. The van der Waals surface area contributed by atoms with Crippen LogP contribution in [0.1, 0.15) is 18.4 Å². The summed E-state index contributed by atoms with van der Waals surface area (Å²) in [5, 5.41) is 9.92. The van der Waals surface area contributed by atoms with E-state index in [-0.39, 0.29) is 0 Å². The fourth-order valence-corrected chi connectivity index (χ4v) is 2.04. The zero-order valence-corrected chi connectivity index (χ0v) is 10.2. The smallest absolute Gasteiger partial charge is 0.127 e. The minimum Gasteiger partial charge on any atom is -0.457 e. The third-order valence-electron chi connectivity index (χ3n) is 3.24. The van der Waals surface area contributed by atoms with E-state index in [0.29, 0.717) is 0 Å². The number of para-hydroxylation sites is 1. The van der Waals surface area contributed by atoms with Crippen molar-refractivity contribution in [2.45, 2.75) is 24.9 Å². The molecule has 1 aliphatic carbocycles. The summed E-state index contributed by atoms with van der Waals surface area (Å²) >= 11 is 0. The predicted molar refractivity (Wildman–Crippen MR) is 70.8 cm³/mol. The maximum Gasteiger partial charge on any atom is 0.127 e. The molecular weight excluding hydrogens is 224 g/mol. The molecule has 18 heavy (non-hydrogen) atoms. The lowest BCUT2D eigenvalue weighted by molar-refractivity contribution is 0.151. The molecule has 0 amide bonds. The van der Waals surface area contributed by atoms with Gasteiger partial charge in [0.2, 0.25) is 0 Å². The predicted octanol–water partition coefficient (Wildman–Crippen LogP) is 3.55. The summed E-state index contributed by atoms with van der Waals surface area (Å²) in [4.78, 5) is 0. The van der Waals surface area contributed by atoms with Crippen LogP contribution in [-0.4, -0.2) is 10.7 Å². The molecule has 0 atom stereocenters. The van der Waals surface area contributed by atoms with Crippen molar-refractivity contribution in [3.8, 4) is 11.5 Å². The van der Waals surface area contributed by atoms with E-state index in [0.717, 1.165) is 36.3 Å². The van der Waals surface area contributed by atoms with E-state index in [2.05, 4.69) is 0 Å². The van der Waals surface area contributed by atoms with Gasteiger partial charge in [-0.2, -0.15) is 0 Å². The molecule has 92 valence electrons. The van der Waals surface area contributed by atoms with E-state index in [4.69, 9.17) is 4.74 Å². The Morgan fingerprint density at radius 1 is 0.944 bits per heavy atom. The average Bonchev–Trinajstić information content (AvgIpc) is 3.08. The summed E-state index contributed by atoms with van der Waals surface area (Å²) in [5.41, 5.74) is 0.675. The first-order valence-electron chi connectivity index (χ1n) is 6.28. The molecule has 0 aliphatic heterocycles. The van der Waals surface area contributed by atoms with Gasteiger partial charge in [-0.1, -0.05) is 30.3 Å². The van der Waals surface area contributed by atoms with E-state index < -0.39 is 5.60 Å². The Hall–Kier alpha value is -1.80. The van der Waals surface area contributed by atoms with Crippen molar-refractivity contribution in [3.05, 3.63) is 60.2 Å². The molecule has 1 N–H and O–H groups in total. The fraction of sp³-hybridized carbons (Fsp3) is 0.250. The number of rotatable bonds is 4. The standard InChI is InChI=1S/C16H16O2/c17-16(9-10-16)12-13-5-4-8-15(11-13)18-14-6-2-1-3-7-14/h1-8,11,17H,9-10,12H2. The summed E-state index contributed by atoms with van der Waals surface area (Å²) in [7, 11) is 0. The summed E-state index contributed by atoms with van der Waals surface area (Å²) in [6.45, 7) is 0. The molecule has 3 rings (SSSR count). The third-order valence-corrected chi connectivity index (χ3v) is 3.24. The maximum absolute atomic E-state index is 9.92. The molecule has 2 heteroatoms. The second-order valence-electron chi connectivity index (χ2n) is 4.96. The summed E-state index contributed by atoms with van der Waals surface area (Å²) in [6, 6.07) is 17.7. The molecule has 2 nitrogen and oxygen atoms in total. The normalized spacial score (nSPS) is 16.3. The number of hydrogen-bond donors (Lipinski definition) is 1. The van der Waals surface area contributed by atoms with Crippen molar-refractivity contribution in [3.63, 3.8) is 0 Å². The van der Waals surface area contributed by atoms with Crippen LogP contribution in [0.15, 0.2) is 54.6 Å². The Morgan fingerprint density at radius 2 is 1.67 bits per heavy atom.